The van der Waals surface area contributed by atoms with Gasteiger partial charge in [0.2, 0.25) is 5.91 Å². The molecule has 1 heterocycles. The number of hydrogen-bond acceptors (Lipinski definition) is 3. The lowest BCUT2D eigenvalue weighted by molar-refractivity contribution is -0.121. The molecule has 1 aliphatic carbocycles. The SMILES string of the molecule is NC(=O)[C@H]1CC[C@@H](NC(=O)N2CCO[C@H](c3ccc(Cl)cc3)C2)C1. The van der Waals surface area contributed by atoms with Crippen LogP contribution in [-0.2, 0) is 9.53 Å². The van der Waals surface area contributed by atoms with Gasteiger partial charge in [-0.3, -0.25) is 4.79 Å². The molecule has 2 aliphatic rings. The summed E-state index contributed by atoms with van der Waals surface area (Å²) in [7, 11) is 0. The second kappa shape index (κ2) is 7.40. The Bertz CT molecular complexity index is 608. The lowest BCUT2D eigenvalue weighted by atomic mass is 10.1. The molecule has 3 amide bonds. The first kappa shape index (κ1) is 17.0. The van der Waals surface area contributed by atoms with Crippen LogP contribution in [0.1, 0.15) is 30.9 Å². The van der Waals surface area contributed by atoms with Crippen LogP contribution in [0, 0.1) is 5.92 Å². The highest BCUT2D eigenvalue weighted by molar-refractivity contribution is 6.30. The Morgan fingerprint density at radius 2 is 2.00 bits per heavy atom. The maximum atomic E-state index is 12.5. The predicted molar refractivity (Wildman–Crippen MR) is 90.6 cm³/mol. The van der Waals surface area contributed by atoms with Crippen molar-refractivity contribution < 1.29 is 14.3 Å². The molecule has 0 bridgehead atoms. The summed E-state index contributed by atoms with van der Waals surface area (Å²) in [6, 6.07) is 7.40. The summed E-state index contributed by atoms with van der Waals surface area (Å²) >= 11 is 5.91. The molecule has 1 saturated carbocycles. The Hall–Kier alpha value is -1.79. The molecule has 3 rings (SSSR count). The van der Waals surface area contributed by atoms with Crippen LogP contribution < -0.4 is 11.1 Å². The fourth-order valence-electron chi connectivity index (χ4n) is 3.35. The van der Waals surface area contributed by atoms with E-state index in [-0.39, 0.29) is 30.0 Å². The normalized spacial score (nSPS) is 27.0. The minimum Gasteiger partial charge on any atom is -0.370 e. The third-order valence-electron chi connectivity index (χ3n) is 4.76. The van der Waals surface area contributed by atoms with Gasteiger partial charge in [-0.25, -0.2) is 4.79 Å². The van der Waals surface area contributed by atoms with Gasteiger partial charge in [-0.15, -0.1) is 0 Å². The highest BCUT2D eigenvalue weighted by Gasteiger charge is 2.32. The molecule has 24 heavy (non-hydrogen) atoms. The van der Waals surface area contributed by atoms with Crippen LogP contribution in [0.25, 0.3) is 0 Å². The Labute approximate surface area is 146 Å². The summed E-state index contributed by atoms with van der Waals surface area (Å²) in [5.74, 6) is -0.400. The molecule has 1 saturated heterocycles. The minimum absolute atomic E-state index is 0.0202. The maximum Gasteiger partial charge on any atom is 0.317 e. The number of rotatable bonds is 3. The molecule has 0 unspecified atom stereocenters. The number of nitrogens with two attached hydrogens (primary N) is 1. The number of carbonyl (C=O) groups is 2. The van der Waals surface area contributed by atoms with Crippen LogP contribution in [0.4, 0.5) is 4.79 Å². The van der Waals surface area contributed by atoms with Crippen LogP contribution in [0.15, 0.2) is 24.3 Å². The molecule has 3 N–H and O–H groups in total. The molecule has 1 aromatic carbocycles. The van der Waals surface area contributed by atoms with Crippen molar-refractivity contribution in [2.75, 3.05) is 19.7 Å². The van der Waals surface area contributed by atoms with Crippen LogP contribution in [-0.4, -0.2) is 42.6 Å². The van der Waals surface area contributed by atoms with Crippen LogP contribution in [0.5, 0.6) is 0 Å². The summed E-state index contributed by atoms with van der Waals surface area (Å²) in [5, 5.41) is 3.69. The Morgan fingerprint density at radius 1 is 1.25 bits per heavy atom. The van der Waals surface area contributed by atoms with E-state index in [4.69, 9.17) is 22.1 Å². The number of nitrogens with zero attached hydrogens (tertiary/aromatic N) is 1. The average Bonchev–Trinajstić information content (AvgIpc) is 3.04. The zero-order chi connectivity index (χ0) is 17.1. The summed E-state index contributed by atoms with van der Waals surface area (Å²) in [6.45, 7) is 1.55. The predicted octanol–water partition coefficient (Wildman–Crippen LogP) is 2.08. The van der Waals surface area contributed by atoms with Gasteiger partial charge in [-0.1, -0.05) is 23.7 Å². The van der Waals surface area contributed by atoms with Gasteiger partial charge in [0.25, 0.3) is 0 Å². The Kier molecular flexibility index (Phi) is 5.26. The van der Waals surface area contributed by atoms with E-state index in [0.717, 1.165) is 18.4 Å². The number of primary amides is 1. The summed E-state index contributed by atoms with van der Waals surface area (Å²) < 4.78 is 5.78. The molecule has 7 heteroatoms. The number of benzene rings is 1. The van der Waals surface area contributed by atoms with Crippen molar-refractivity contribution in [2.24, 2.45) is 11.7 Å². The third kappa shape index (κ3) is 3.99. The molecule has 2 fully saturated rings. The molecular formula is C17H22ClN3O3. The van der Waals surface area contributed by atoms with E-state index in [9.17, 15) is 9.59 Å². The molecule has 6 nitrogen and oxygen atoms in total. The van der Waals surface area contributed by atoms with Crippen LogP contribution >= 0.6 is 11.6 Å². The number of hydrogen-bond donors (Lipinski definition) is 2. The molecular weight excluding hydrogens is 330 g/mol. The van der Waals surface area contributed by atoms with Gasteiger partial charge in [0.05, 0.1) is 13.2 Å². The molecule has 1 aliphatic heterocycles. The standard InChI is InChI=1S/C17H22ClN3O3/c18-13-4-1-11(2-5-13)15-10-21(7-8-24-15)17(23)20-14-6-3-12(9-14)16(19)22/h1-2,4-5,12,14-15H,3,6-10H2,(H2,19,22)(H,20,23)/t12-,14+,15-/m0/s1. The highest BCUT2D eigenvalue weighted by Crippen LogP contribution is 2.26. The largest absolute Gasteiger partial charge is 0.370 e. The highest BCUT2D eigenvalue weighted by atomic mass is 35.5. The fourth-order valence-corrected chi connectivity index (χ4v) is 3.48. The monoisotopic (exact) mass is 351 g/mol. The zero-order valence-electron chi connectivity index (χ0n) is 13.4. The summed E-state index contributed by atoms with van der Waals surface area (Å²) in [4.78, 5) is 25.5. The van der Waals surface area contributed by atoms with Gasteiger partial charge in [-0.2, -0.15) is 0 Å². The minimum atomic E-state index is -0.277. The van der Waals surface area contributed by atoms with E-state index in [2.05, 4.69) is 5.32 Å². The lowest BCUT2D eigenvalue weighted by Crippen LogP contribution is -2.49. The molecule has 0 aromatic heterocycles. The Morgan fingerprint density at radius 3 is 2.67 bits per heavy atom. The van der Waals surface area contributed by atoms with E-state index >= 15 is 0 Å². The average molecular weight is 352 g/mol. The van der Waals surface area contributed by atoms with Gasteiger partial charge in [0.15, 0.2) is 0 Å². The van der Waals surface area contributed by atoms with Crippen LogP contribution in [0.3, 0.4) is 0 Å². The number of halogens is 1. The summed E-state index contributed by atoms with van der Waals surface area (Å²) in [6.07, 6.45) is 2.02. The van der Waals surface area contributed by atoms with Crippen molar-refractivity contribution in [2.45, 2.75) is 31.4 Å². The topological polar surface area (TPSA) is 84.7 Å². The van der Waals surface area contributed by atoms with E-state index < -0.39 is 0 Å². The van der Waals surface area contributed by atoms with Crippen molar-refractivity contribution in [3.05, 3.63) is 34.9 Å². The second-order valence-electron chi connectivity index (χ2n) is 6.42. The Balaban J connectivity index is 1.55. The second-order valence-corrected chi connectivity index (χ2v) is 6.85. The van der Waals surface area contributed by atoms with Crippen molar-refractivity contribution in [3.8, 4) is 0 Å². The smallest absolute Gasteiger partial charge is 0.317 e. The molecule has 1 aromatic rings. The van der Waals surface area contributed by atoms with Gasteiger partial charge < -0.3 is 20.7 Å². The number of morpholine rings is 1. The first-order valence-electron chi connectivity index (χ1n) is 8.24. The third-order valence-corrected chi connectivity index (χ3v) is 5.01. The lowest BCUT2D eigenvalue weighted by Gasteiger charge is -2.34. The van der Waals surface area contributed by atoms with Gasteiger partial charge in [0.1, 0.15) is 6.10 Å². The van der Waals surface area contributed by atoms with Gasteiger partial charge >= 0.3 is 6.03 Å². The van der Waals surface area contributed by atoms with E-state index in [1.807, 2.05) is 24.3 Å². The van der Waals surface area contributed by atoms with E-state index in [1.165, 1.54) is 0 Å². The van der Waals surface area contributed by atoms with Crippen molar-refractivity contribution in [1.82, 2.24) is 10.2 Å². The van der Waals surface area contributed by atoms with Crippen LogP contribution in [0.2, 0.25) is 5.02 Å². The molecule has 0 spiro atoms. The van der Waals surface area contributed by atoms with Gasteiger partial charge in [-0.05, 0) is 37.0 Å². The first-order valence-corrected chi connectivity index (χ1v) is 8.62. The molecule has 0 radical (unpaired) electrons. The number of carbonyl (C=O) groups excluding carboxylic acids is 2. The van der Waals surface area contributed by atoms with Crippen molar-refractivity contribution in [1.29, 1.82) is 0 Å². The first-order chi connectivity index (χ1) is 11.5. The number of nitrogens with one attached hydrogen (secondary N) is 1. The fraction of sp³-hybridized carbons (Fsp3) is 0.529. The molecule has 3 atom stereocenters. The number of amides is 3. The van der Waals surface area contributed by atoms with Crippen molar-refractivity contribution >= 4 is 23.5 Å². The van der Waals surface area contributed by atoms with Crippen molar-refractivity contribution in [3.63, 3.8) is 0 Å². The quantitative estimate of drug-likeness (QED) is 0.874. The maximum absolute atomic E-state index is 12.5. The number of urea groups is 1. The van der Waals surface area contributed by atoms with E-state index in [1.54, 1.807) is 4.90 Å². The number of ether oxygens (including phenoxy) is 1. The summed E-state index contributed by atoms with van der Waals surface area (Å²) in [5.41, 5.74) is 6.34. The zero-order valence-corrected chi connectivity index (χ0v) is 14.2. The van der Waals surface area contributed by atoms with Gasteiger partial charge in [0, 0.05) is 23.5 Å². The molecule has 130 valence electrons. The van der Waals surface area contributed by atoms with E-state index in [0.29, 0.717) is 31.1 Å².